The number of hydrogen-bond acceptors (Lipinski definition) is 6. The Morgan fingerprint density at radius 1 is 1.47 bits per heavy atom. The molecule has 0 saturated heterocycles. The molecule has 1 aromatic rings. The number of thioether (sulfide) groups is 1. The normalized spacial score (nSPS) is 13.9. The summed E-state index contributed by atoms with van der Waals surface area (Å²) in [6, 6.07) is 3.02. The van der Waals surface area contributed by atoms with Crippen molar-refractivity contribution in [3.05, 3.63) is 21.3 Å². The highest BCUT2D eigenvalue weighted by molar-refractivity contribution is 14.1. The van der Waals surface area contributed by atoms with E-state index in [0.717, 1.165) is 11.8 Å². The van der Waals surface area contributed by atoms with Gasteiger partial charge in [0, 0.05) is 12.7 Å². The van der Waals surface area contributed by atoms with Crippen molar-refractivity contribution in [2.45, 2.75) is 19.1 Å². The molecule has 3 N–H and O–H groups in total. The second kappa shape index (κ2) is 7.32. The molecule has 2 unspecified atom stereocenters. The molecule has 0 heterocycles. The smallest absolute Gasteiger partial charge is 0.185 e. The maximum absolute atomic E-state index is 10.8. The molecule has 0 fully saturated rings. The number of methoxy groups -OCH3 is 1. The van der Waals surface area contributed by atoms with E-state index < -0.39 is 12.2 Å². The summed E-state index contributed by atoms with van der Waals surface area (Å²) in [5.74, 6) is 0.329. The minimum Gasteiger partial charge on any atom is -0.504 e. The van der Waals surface area contributed by atoms with E-state index in [-0.39, 0.29) is 22.4 Å². The van der Waals surface area contributed by atoms with Gasteiger partial charge in [-0.05, 0) is 40.3 Å². The van der Waals surface area contributed by atoms with E-state index >= 15 is 0 Å². The van der Waals surface area contributed by atoms with Gasteiger partial charge in [0.25, 0.3) is 0 Å². The van der Waals surface area contributed by atoms with Gasteiger partial charge in [0.2, 0.25) is 0 Å². The number of carbonyl (C=O) groups is 1. The van der Waals surface area contributed by atoms with Crippen LogP contribution in [0, 0.1) is 3.57 Å². The predicted octanol–water partition coefficient (Wildman–Crippen LogP) is 1.68. The standard InChI is InChI=1S/C12H15IO5S/c1-6(14)19-5-9(15)11(16)7-3-8(13)12(17)10(4-7)18-2/h3-4,9,11,15-17H,5H2,1-2H3. The van der Waals surface area contributed by atoms with Gasteiger partial charge in [-0.15, -0.1) is 0 Å². The zero-order valence-corrected chi connectivity index (χ0v) is 13.4. The first-order valence-corrected chi connectivity index (χ1v) is 7.49. The van der Waals surface area contributed by atoms with Gasteiger partial charge in [-0.1, -0.05) is 11.8 Å². The molecule has 0 bridgehead atoms. The van der Waals surface area contributed by atoms with Crippen LogP contribution in [0.3, 0.4) is 0 Å². The molecule has 0 aliphatic heterocycles. The number of carbonyl (C=O) groups excluding carboxylic acids is 1. The monoisotopic (exact) mass is 398 g/mol. The molecule has 106 valence electrons. The van der Waals surface area contributed by atoms with Crippen molar-refractivity contribution in [2.24, 2.45) is 0 Å². The van der Waals surface area contributed by atoms with Crippen LogP contribution in [-0.4, -0.2) is 39.4 Å². The number of aliphatic hydroxyl groups is 2. The molecule has 0 amide bonds. The molecular weight excluding hydrogens is 383 g/mol. The van der Waals surface area contributed by atoms with Gasteiger partial charge in [-0.2, -0.15) is 0 Å². The third-order valence-corrected chi connectivity index (χ3v) is 4.17. The molecule has 0 saturated carbocycles. The topological polar surface area (TPSA) is 87.0 Å². The van der Waals surface area contributed by atoms with Crippen LogP contribution in [0.4, 0.5) is 0 Å². The van der Waals surface area contributed by atoms with Gasteiger partial charge in [-0.25, -0.2) is 0 Å². The van der Waals surface area contributed by atoms with E-state index in [1.807, 2.05) is 22.6 Å². The van der Waals surface area contributed by atoms with Crippen LogP contribution >= 0.6 is 34.4 Å². The summed E-state index contributed by atoms with van der Waals surface area (Å²) in [6.07, 6.45) is -2.21. The molecule has 2 atom stereocenters. The van der Waals surface area contributed by atoms with Crippen LogP contribution in [-0.2, 0) is 4.79 Å². The number of aliphatic hydroxyl groups excluding tert-OH is 2. The van der Waals surface area contributed by atoms with Gasteiger partial charge < -0.3 is 20.1 Å². The highest BCUT2D eigenvalue weighted by Crippen LogP contribution is 2.35. The number of halogens is 1. The van der Waals surface area contributed by atoms with Crippen molar-refractivity contribution in [3.8, 4) is 11.5 Å². The van der Waals surface area contributed by atoms with Crippen LogP contribution in [0.2, 0.25) is 0 Å². The lowest BCUT2D eigenvalue weighted by Crippen LogP contribution is -2.21. The number of ether oxygens (including phenoxy) is 1. The first-order valence-electron chi connectivity index (χ1n) is 5.42. The van der Waals surface area contributed by atoms with E-state index in [1.165, 1.54) is 20.1 Å². The third kappa shape index (κ3) is 4.51. The Morgan fingerprint density at radius 3 is 2.63 bits per heavy atom. The minimum atomic E-state index is -1.14. The lowest BCUT2D eigenvalue weighted by Gasteiger charge is -2.19. The highest BCUT2D eigenvalue weighted by Gasteiger charge is 2.21. The SMILES string of the molecule is COc1cc(C(O)C(O)CSC(C)=O)cc(I)c1O. The number of aromatic hydroxyl groups is 1. The van der Waals surface area contributed by atoms with E-state index in [2.05, 4.69) is 0 Å². The second-order valence-electron chi connectivity index (χ2n) is 3.87. The summed E-state index contributed by atoms with van der Waals surface area (Å²) in [6.45, 7) is 1.40. The molecule has 1 aromatic carbocycles. The number of rotatable bonds is 5. The van der Waals surface area contributed by atoms with Crippen LogP contribution in [0.25, 0.3) is 0 Å². The van der Waals surface area contributed by atoms with Gasteiger partial charge in [0.05, 0.1) is 16.8 Å². The molecule has 5 nitrogen and oxygen atoms in total. The van der Waals surface area contributed by atoms with Crippen molar-refractivity contribution in [3.63, 3.8) is 0 Å². The lowest BCUT2D eigenvalue weighted by atomic mass is 10.0. The van der Waals surface area contributed by atoms with Crippen molar-refractivity contribution in [1.29, 1.82) is 0 Å². The molecule has 0 spiro atoms. The molecule has 0 radical (unpaired) electrons. The molecule has 1 rings (SSSR count). The highest BCUT2D eigenvalue weighted by atomic mass is 127. The fourth-order valence-corrected chi connectivity index (χ4v) is 2.65. The fraction of sp³-hybridized carbons (Fsp3) is 0.417. The van der Waals surface area contributed by atoms with E-state index in [0.29, 0.717) is 9.13 Å². The van der Waals surface area contributed by atoms with Gasteiger partial charge in [0.15, 0.2) is 16.6 Å². The Morgan fingerprint density at radius 2 is 2.11 bits per heavy atom. The Balaban J connectivity index is 2.90. The van der Waals surface area contributed by atoms with Gasteiger partial charge in [-0.3, -0.25) is 4.79 Å². The van der Waals surface area contributed by atoms with Crippen molar-refractivity contribution in [1.82, 2.24) is 0 Å². The number of phenols is 1. The zero-order chi connectivity index (χ0) is 14.6. The zero-order valence-electron chi connectivity index (χ0n) is 10.5. The molecular formula is C12H15IO5S. The molecule has 0 aromatic heterocycles. The minimum absolute atomic E-state index is 0.00773. The maximum atomic E-state index is 10.8. The Hall–Kier alpha value is -0.510. The first kappa shape index (κ1) is 16.5. The van der Waals surface area contributed by atoms with E-state index in [4.69, 9.17) is 4.74 Å². The Kier molecular flexibility index (Phi) is 6.37. The van der Waals surface area contributed by atoms with Crippen molar-refractivity contribution in [2.75, 3.05) is 12.9 Å². The predicted molar refractivity (Wildman–Crippen MR) is 81.5 cm³/mol. The van der Waals surface area contributed by atoms with Crippen LogP contribution in [0.15, 0.2) is 12.1 Å². The van der Waals surface area contributed by atoms with Crippen LogP contribution in [0.1, 0.15) is 18.6 Å². The average molecular weight is 398 g/mol. The number of phenolic OH excluding ortho intramolecular Hbond substituents is 1. The van der Waals surface area contributed by atoms with Crippen molar-refractivity contribution < 1.29 is 24.9 Å². The Labute approximate surface area is 129 Å². The van der Waals surface area contributed by atoms with Crippen LogP contribution in [0.5, 0.6) is 11.5 Å². The van der Waals surface area contributed by atoms with Gasteiger partial charge in [0.1, 0.15) is 6.10 Å². The molecule has 0 aliphatic carbocycles. The third-order valence-electron chi connectivity index (χ3n) is 2.43. The lowest BCUT2D eigenvalue weighted by molar-refractivity contribution is -0.109. The first-order chi connectivity index (χ1) is 8.86. The largest absolute Gasteiger partial charge is 0.504 e. The van der Waals surface area contributed by atoms with Crippen LogP contribution < -0.4 is 4.74 Å². The van der Waals surface area contributed by atoms with E-state index in [1.54, 1.807) is 6.07 Å². The maximum Gasteiger partial charge on any atom is 0.185 e. The molecule has 19 heavy (non-hydrogen) atoms. The van der Waals surface area contributed by atoms with Crippen molar-refractivity contribution >= 4 is 39.5 Å². The Bertz CT molecular complexity index is 466. The van der Waals surface area contributed by atoms with E-state index in [9.17, 15) is 20.1 Å². The van der Waals surface area contributed by atoms with Gasteiger partial charge >= 0.3 is 0 Å². The molecule has 0 aliphatic rings. The summed E-state index contributed by atoms with van der Waals surface area (Å²) >= 11 is 2.85. The number of benzene rings is 1. The number of hydrogen-bond donors (Lipinski definition) is 3. The summed E-state index contributed by atoms with van der Waals surface area (Å²) < 4.78 is 5.50. The summed E-state index contributed by atoms with van der Waals surface area (Å²) in [5.41, 5.74) is 0.427. The fourth-order valence-electron chi connectivity index (χ4n) is 1.44. The second-order valence-corrected chi connectivity index (χ2v) is 6.23. The molecule has 7 heteroatoms. The summed E-state index contributed by atoms with van der Waals surface area (Å²) in [4.78, 5) is 10.8. The summed E-state index contributed by atoms with van der Waals surface area (Å²) in [5, 5.41) is 29.4. The summed E-state index contributed by atoms with van der Waals surface area (Å²) in [7, 11) is 1.41. The quantitative estimate of drug-likeness (QED) is 0.655. The average Bonchev–Trinajstić information content (AvgIpc) is 2.37.